The maximum atomic E-state index is 14.7. The van der Waals surface area contributed by atoms with E-state index < -0.39 is 5.82 Å². The molecule has 2 saturated heterocycles. The fourth-order valence-corrected chi connectivity index (χ4v) is 4.25. The summed E-state index contributed by atoms with van der Waals surface area (Å²) < 4.78 is 20.7. The maximum Gasteiger partial charge on any atom is 0.234 e. The molecule has 6 nitrogen and oxygen atoms in total. The summed E-state index contributed by atoms with van der Waals surface area (Å²) in [5.41, 5.74) is 1.19. The zero-order chi connectivity index (χ0) is 19.7. The monoisotopic (exact) mass is 403 g/mol. The van der Waals surface area contributed by atoms with Crippen LogP contribution in [0.25, 0.3) is 10.9 Å². The van der Waals surface area contributed by atoms with Crippen molar-refractivity contribution >= 4 is 28.2 Å². The number of aromatic nitrogens is 1. The van der Waals surface area contributed by atoms with Crippen molar-refractivity contribution in [3.8, 4) is 11.9 Å². The lowest BCUT2D eigenvalue weighted by Crippen LogP contribution is -2.44. The number of likely N-dealkylation sites (tertiary alicyclic amines) is 1. The molecule has 2 fully saturated rings. The van der Waals surface area contributed by atoms with Crippen LogP contribution in [0.2, 0.25) is 5.02 Å². The second-order valence-electron chi connectivity index (χ2n) is 7.36. The van der Waals surface area contributed by atoms with Gasteiger partial charge in [-0.15, -0.1) is 0 Å². The number of hydrogen-bond donors (Lipinski definition) is 1. The molecule has 1 aromatic carbocycles. The Balaban J connectivity index is 1.81. The van der Waals surface area contributed by atoms with Gasteiger partial charge >= 0.3 is 0 Å². The van der Waals surface area contributed by atoms with Gasteiger partial charge in [0.05, 0.1) is 5.69 Å². The second kappa shape index (κ2) is 8.08. The first-order chi connectivity index (χ1) is 13.6. The molecule has 2 aliphatic heterocycles. The van der Waals surface area contributed by atoms with E-state index in [-0.39, 0.29) is 22.5 Å². The highest BCUT2D eigenvalue weighted by molar-refractivity contribution is 6.31. The molecule has 0 spiro atoms. The van der Waals surface area contributed by atoms with Crippen LogP contribution in [0, 0.1) is 17.1 Å². The molecular formula is C20H23ClFN5O. The van der Waals surface area contributed by atoms with Gasteiger partial charge in [0.2, 0.25) is 5.88 Å². The van der Waals surface area contributed by atoms with Gasteiger partial charge in [-0.3, -0.25) is 0 Å². The van der Waals surface area contributed by atoms with Gasteiger partial charge in [-0.05, 0) is 38.6 Å². The van der Waals surface area contributed by atoms with Gasteiger partial charge in [0.1, 0.15) is 23.8 Å². The summed E-state index contributed by atoms with van der Waals surface area (Å²) in [7, 11) is 2.06. The van der Waals surface area contributed by atoms with Crippen LogP contribution in [0.5, 0.6) is 5.88 Å². The molecule has 1 atom stereocenters. The number of anilines is 1. The average Bonchev–Trinajstić information content (AvgIpc) is 3.11. The number of halogens is 2. The Kier molecular flexibility index (Phi) is 5.54. The average molecular weight is 404 g/mol. The SMILES string of the molecule is CN1CCC[C@H]1COc1nc2c(F)cc(Cl)cc2c(N2CCNCC2)c1C#N. The quantitative estimate of drug-likeness (QED) is 0.846. The molecule has 1 N–H and O–H groups in total. The van der Waals surface area contributed by atoms with Gasteiger partial charge in [-0.2, -0.15) is 5.26 Å². The summed E-state index contributed by atoms with van der Waals surface area (Å²) in [6, 6.07) is 5.46. The smallest absolute Gasteiger partial charge is 0.234 e. The molecule has 4 rings (SSSR count). The minimum atomic E-state index is -0.508. The first-order valence-corrected chi connectivity index (χ1v) is 9.98. The molecule has 148 valence electrons. The van der Waals surface area contributed by atoms with Gasteiger partial charge in [-0.25, -0.2) is 9.37 Å². The number of rotatable bonds is 4. The highest BCUT2D eigenvalue weighted by atomic mass is 35.5. The van der Waals surface area contributed by atoms with E-state index in [0.29, 0.717) is 36.3 Å². The highest BCUT2D eigenvalue weighted by Crippen LogP contribution is 2.38. The molecule has 2 aromatic rings. The Hall–Kier alpha value is -2.14. The van der Waals surface area contributed by atoms with Crippen LogP contribution in [-0.4, -0.2) is 62.3 Å². The van der Waals surface area contributed by atoms with Crippen LogP contribution in [0.3, 0.4) is 0 Å². The maximum absolute atomic E-state index is 14.7. The minimum Gasteiger partial charge on any atom is -0.475 e. The predicted molar refractivity (Wildman–Crippen MR) is 108 cm³/mol. The van der Waals surface area contributed by atoms with E-state index in [1.54, 1.807) is 6.07 Å². The van der Waals surface area contributed by atoms with Crippen molar-refractivity contribution in [1.82, 2.24) is 15.2 Å². The van der Waals surface area contributed by atoms with E-state index in [0.717, 1.165) is 32.5 Å². The lowest BCUT2D eigenvalue weighted by Gasteiger charge is -2.31. The number of pyridine rings is 1. The molecular weight excluding hydrogens is 381 g/mol. The summed E-state index contributed by atoms with van der Waals surface area (Å²) in [4.78, 5) is 8.72. The van der Waals surface area contributed by atoms with E-state index >= 15 is 0 Å². The third-order valence-electron chi connectivity index (χ3n) is 5.58. The summed E-state index contributed by atoms with van der Waals surface area (Å²) in [6.45, 7) is 4.48. The van der Waals surface area contributed by atoms with Crippen LogP contribution >= 0.6 is 11.6 Å². The van der Waals surface area contributed by atoms with Crippen molar-refractivity contribution in [2.45, 2.75) is 18.9 Å². The predicted octanol–water partition coefficient (Wildman–Crippen LogP) is 2.78. The van der Waals surface area contributed by atoms with Crippen LogP contribution in [0.1, 0.15) is 18.4 Å². The number of benzene rings is 1. The van der Waals surface area contributed by atoms with Gasteiger partial charge in [0.25, 0.3) is 0 Å². The molecule has 0 radical (unpaired) electrons. The lowest BCUT2D eigenvalue weighted by atomic mass is 10.1. The van der Waals surface area contributed by atoms with Crippen molar-refractivity contribution in [3.63, 3.8) is 0 Å². The Morgan fingerprint density at radius 3 is 2.82 bits per heavy atom. The van der Waals surface area contributed by atoms with E-state index in [1.807, 2.05) is 0 Å². The van der Waals surface area contributed by atoms with Gasteiger partial charge in [0, 0.05) is 42.6 Å². The summed E-state index contributed by atoms with van der Waals surface area (Å²) in [5, 5.41) is 14.1. The minimum absolute atomic E-state index is 0.187. The Morgan fingerprint density at radius 1 is 1.36 bits per heavy atom. The Labute approximate surface area is 168 Å². The largest absolute Gasteiger partial charge is 0.475 e. The molecule has 2 aliphatic rings. The summed E-state index contributed by atoms with van der Waals surface area (Å²) in [6.07, 6.45) is 2.17. The van der Waals surface area contributed by atoms with Gasteiger partial charge < -0.3 is 19.9 Å². The number of nitrogens with zero attached hydrogens (tertiary/aromatic N) is 4. The van der Waals surface area contributed by atoms with Crippen LogP contribution < -0.4 is 15.0 Å². The molecule has 1 aromatic heterocycles. The molecule has 0 unspecified atom stereocenters. The van der Waals surface area contributed by atoms with E-state index in [2.05, 4.69) is 33.2 Å². The molecule has 0 aliphatic carbocycles. The number of piperazine rings is 1. The van der Waals surface area contributed by atoms with Crippen LogP contribution in [0.4, 0.5) is 10.1 Å². The first-order valence-electron chi connectivity index (χ1n) is 9.60. The number of nitriles is 1. The second-order valence-corrected chi connectivity index (χ2v) is 7.80. The van der Waals surface area contributed by atoms with Crippen LogP contribution in [-0.2, 0) is 0 Å². The van der Waals surface area contributed by atoms with E-state index in [4.69, 9.17) is 16.3 Å². The van der Waals surface area contributed by atoms with Crippen molar-refractivity contribution in [3.05, 3.63) is 28.5 Å². The summed E-state index contributed by atoms with van der Waals surface area (Å²) >= 11 is 6.12. The normalized spacial score (nSPS) is 20.5. The third-order valence-corrected chi connectivity index (χ3v) is 5.79. The lowest BCUT2D eigenvalue weighted by molar-refractivity contribution is 0.193. The Morgan fingerprint density at radius 2 is 2.14 bits per heavy atom. The molecule has 28 heavy (non-hydrogen) atoms. The number of hydrogen-bond acceptors (Lipinski definition) is 6. The number of nitrogens with one attached hydrogen (secondary N) is 1. The van der Waals surface area contributed by atoms with Gasteiger partial charge in [-0.1, -0.05) is 11.6 Å². The first kappa shape index (κ1) is 19.2. The van der Waals surface area contributed by atoms with Crippen molar-refractivity contribution < 1.29 is 9.13 Å². The number of fused-ring (bicyclic) bond motifs is 1. The molecule has 0 saturated carbocycles. The van der Waals surface area contributed by atoms with Crippen molar-refractivity contribution in [2.75, 3.05) is 51.3 Å². The number of ether oxygens (including phenoxy) is 1. The van der Waals surface area contributed by atoms with Crippen molar-refractivity contribution in [1.29, 1.82) is 5.26 Å². The third kappa shape index (κ3) is 3.60. The molecule has 3 heterocycles. The summed E-state index contributed by atoms with van der Waals surface area (Å²) in [5.74, 6) is -0.309. The molecule has 0 bridgehead atoms. The highest BCUT2D eigenvalue weighted by Gasteiger charge is 2.26. The van der Waals surface area contributed by atoms with E-state index in [1.165, 1.54) is 6.07 Å². The van der Waals surface area contributed by atoms with Crippen molar-refractivity contribution in [2.24, 2.45) is 0 Å². The topological polar surface area (TPSA) is 64.4 Å². The standard InChI is InChI=1S/C20H23ClFN5O/c1-26-6-2-3-14(26)12-28-20-16(11-23)19(27-7-4-24-5-8-27)15-9-13(21)10-17(22)18(15)25-20/h9-10,14,24H,2-8,12H2,1H3/t14-/m0/s1. The zero-order valence-electron chi connectivity index (χ0n) is 15.8. The Bertz CT molecular complexity index is 925. The zero-order valence-corrected chi connectivity index (χ0v) is 16.6. The van der Waals surface area contributed by atoms with Gasteiger partial charge in [0.15, 0.2) is 5.82 Å². The fourth-order valence-electron chi connectivity index (χ4n) is 4.04. The fraction of sp³-hybridized carbons (Fsp3) is 0.500. The number of likely N-dealkylation sites (N-methyl/N-ethyl adjacent to an activating group) is 1. The van der Waals surface area contributed by atoms with Crippen LogP contribution in [0.15, 0.2) is 12.1 Å². The molecule has 0 amide bonds. The van der Waals surface area contributed by atoms with E-state index in [9.17, 15) is 9.65 Å². The molecule has 8 heteroatoms.